The van der Waals surface area contributed by atoms with Crippen LogP contribution < -0.4 is 0 Å². The normalized spacial score (nSPS) is 15.1. The summed E-state index contributed by atoms with van der Waals surface area (Å²) in [7, 11) is 0. The van der Waals surface area contributed by atoms with Gasteiger partial charge < -0.3 is 10.0 Å². The molecule has 2 rings (SSSR count). The number of fused-ring (bicyclic) bond motifs is 1. The minimum Gasteiger partial charge on any atom is -0.465 e. The zero-order valence-corrected chi connectivity index (χ0v) is 8.49. The van der Waals surface area contributed by atoms with Crippen LogP contribution in [0.15, 0.2) is 18.2 Å². The molecule has 0 saturated carbocycles. The standard InChI is InChI=1S/C11H11F2NO2/c12-10(13)8-3-1-2-7-4-5-14(11(15)16)6-9(7)8/h1-3,10H,4-6H2,(H,15,16). The van der Waals surface area contributed by atoms with Crippen LogP contribution in [0, 0.1) is 0 Å². The van der Waals surface area contributed by atoms with Gasteiger partial charge in [-0.15, -0.1) is 0 Å². The van der Waals surface area contributed by atoms with Crippen molar-refractivity contribution >= 4 is 6.09 Å². The van der Waals surface area contributed by atoms with Gasteiger partial charge in [0.15, 0.2) is 0 Å². The lowest BCUT2D eigenvalue weighted by molar-refractivity contribution is 0.132. The SMILES string of the molecule is O=C(O)N1CCc2cccc(C(F)F)c2C1. The fourth-order valence-corrected chi connectivity index (χ4v) is 1.97. The molecule has 1 aromatic carbocycles. The van der Waals surface area contributed by atoms with E-state index in [4.69, 9.17) is 5.11 Å². The molecule has 16 heavy (non-hydrogen) atoms. The van der Waals surface area contributed by atoms with Crippen LogP contribution in [0.25, 0.3) is 0 Å². The van der Waals surface area contributed by atoms with Gasteiger partial charge in [-0.05, 0) is 17.5 Å². The summed E-state index contributed by atoms with van der Waals surface area (Å²) < 4.78 is 25.4. The first-order chi connectivity index (χ1) is 7.59. The van der Waals surface area contributed by atoms with Gasteiger partial charge >= 0.3 is 6.09 Å². The van der Waals surface area contributed by atoms with Crippen molar-refractivity contribution in [1.29, 1.82) is 0 Å². The first-order valence-corrected chi connectivity index (χ1v) is 4.96. The van der Waals surface area contributed by atoms with E-state index < -0.39 is 12.5 Å². The maximum Gasteiger partial charge on any atom is 0.407 e. The van der Waals surface area contributed by atoms with E-state index in [1.165, 1.54) is 6.07 Å². The average Bonchev–Trinajstić information content (AvgIpc) is 2.27. The smallest absolute Gasteiger partial charge is 0.407 e. The number of hydrogen-bond donors (Lipinski definition) is 1. The number of carboxylic acid groups (broad SMARTS) is 1. The molecule has 0 aliphatic carbocycles. The Hall–Kier alpha value is -1.65. The predicted molar refractivity (Wildman–Crippen MR) is 53.5 cm³/mol. The van der Waals surface area contributed by atoms with Crippen molar-refractivity contribution in [3.63, 3.8) is 0 Å². The molecule has 0 saturated heterocycles. The third kappa shape index (κ3) is 1.85. The summed E-state index contributed by atoms with van der Waals surface area (Å²) in [6, 6.07) is 4.73. The van der Waals surface area contributed by atoms with E-state index >= 15 is 0 Å². The fourth-order valence-electron chi connectivity index (χ4n) is 1.97. The molecule has 0 fully saturated rings. The molecule has 0 atom stereocenters. The van der Waals surface area contributed by atoms with Gasteiger partial charge in [0.2, 0.25) is 0 Å². The molecule has 1 amide bonds. The Bertz CT molecular complexity index is 420. The van der Waals surface area contributed by atoms with Gasteiger partial charge in [0.1, 0.15) is 0 Å². The quantitative estimate of drug-likeness (QED) is 0.801. The largest absolute Gasteiger partial charge is 0.465 e. The second-order valence-electron chi connectivity index (χ2n) is 3.74. The predicted octanol–water partition coefficient (Wildman–Crippen LogP) is 2.66. The Morgan fingerprint density at radius 2 is 2.19 bits per heavy atom. The maximum absolute atomic E-state index is 12.7. The first kappa shape index (κ1) is 10.9. The summed E-state index contributed by atoms with van der Waals surface area (Å²) in [5, 5.41) is 8.83. The molecule has 0 spiro atoms. The van der Waals surface area contributed by atoms with Crippen LogP contribution in [0.4, 0.5) is 13.6 Å². The second kappa shape index (κ2) is 4.08. The summed E-state index contributed by atoms with van der Waals surface area (Å²) in [5.74, 6) is 0. The van der Waals surface area contributed by atoms with E-state index in [0.29, 0.717) is 18.5 Å². The molecule has 1 heterocycles. The zero-order chi connectivity index (χ0) is 11.7. The topological polar surface area (TPSA) is 40.5 Å². The number of amides is 1. The molecular weight excluding hydrogens is 216 g/mol. The van der Waals surface area contributed by atoms with Gasteiger partial charge in [0.05, 0.1) is 0 Å². The summed E-state index contributed by atoms with van der Waals surface area (Å²) >= 11 is 0. The van der Waals surface area contributed by atoms with E-state index in [1.807, 2.05) is 0 Å². The lowest BCUT2D eigenvalue weighted by Gasteiger charge is -2.28. The average molecular weight is 227 g/mol. The summed E-state index contributed by atoms with van der Waals surface area (Å²) in [6.45, 7) is 0.431. The van der Waals surface area contributed by atoms with Crippen molar-refractivity contribution in [2.75, 3.05) is 6.54 Å². The van der Waals surface area contributed by atoms with Crippen LogP contribution in [0.2, 0.25) is 0 Å². The molecule has 1 aliphatic rings. The van der Waals surface area contributed by atoms with Crippen LogP contribution in [0.3, 0.4) is 0 Å². The van der Waals surface area contributed by atoms with Crippen molar-refractivity contribution in [2.45, 2.75) is 19.4 Å². The second-order valence-corrected chi connectivity index (χ2v) is 3.74. The van der Waals surface area contributed by atoms with Crippen LogP contribution in [-0.2, 0) is 13.0 Å². The maximum atomic E-state index is 12.7. The van der Waals surface area contributed by atoms with Crippen molar-refractivity contribution in [3.8, 4) is 0 Å². The minimum absolute atomic E-state index is 0.0524. The number of carbonyl (C=O) groups is 1. The van der Waals surface area contributed by atoms with E-state index in [9.17, 15) is 13.6 Å². The molecule has 0 unspecified atom stereocenters. The number of alkyl halides is 2. The van der Waals surface area contributed by atoms with E-state index in [-0.39, 0.29) is 12.1 Å². The molecule has 86 valence electrons. The van der Waals surface area contributed by atoms with Gasteiger partial charge in [0, 0.05) is 18.7 Å². The monoisotopic (exact) mass is 227 g/mol. The fraction of sp³-hybridized carbons (Fsp3) is 0.364. The van der Waals surface area contributed by atoms with E-state index in [1.54, 1.807) is 12.1 Å². The molecule has 3 nitrogen and oxygen atoms in total. The molecule has 0 bridgehead atoms. The summed E-state index contributed by atoms with van der Waals surface area (Å²) in [5.41, 5.74) is 1.24. The van der Waals surface area contributed by atoms with Gasteiger partial charge in [-0.1, -0.05) is 18.2 Å². The Morgan fingerprint density at radius 3 is 2.81 bits per heavy atom. The van der Waals surface area contributed by atoms with Gasteiger partial charge in [0.25, 0.3) is 6.43 Å². The molecular formula is C11H11F2NO2. The highest BCUT2D eigenvalue weighted by molar-refractivity contribution is 5.65. The third-order valence-electron chi connectivity index (χ3n) is 2.81. The van der Waals surface area contributed by atoms with Gasteiger partial charge in [-0.3, -0.25) is 0 Å². The number of halogens is 2. The molecule has 5 heteroatoms. The number of hydrogen-bond acceptors (Lipinski definition) is 1. The lowest BCUT2D eigenvalue weighted by atomic mass is 9.95. The highest BCUT2D eigenvalue weighted by Crippen LogP contribution is 2.29. The number of benzene rings is 1. The lowest BCUT2D eigenvalue weighted by Crippen LogP contribution is -2.35. The zero-order valence-electron chi connectivity index (χ0n) is 8.49. The first-order valence-electron chi connectivity index (χ1n) is 4.96. The molecule has 1 aromatic rings. The third-order valence-corrected chi connectivity index (χ3v) is 2.81. The van der Waals surface area contributed by atoms with Crippen molar-refractivity contribution in [1.82, 2.24) is 4.90 Å². The summed E-state index contributed by atoms with van der Waals surface area (Å²) in [6.07, 6.45) is -3.11. The Morgan fingerprint density at radius 1 is 1.44 bits per heavy atom. The van der Waals surface area contributed by atoms with Gasteiger partial charge in [-0.25, -0.2) is 13.6 Å². The molecule has 0 radical (unpaired) electrons. The van der Waals surface area contributed by atoms with Crippen LogP contribution in [0.1, 0.15) is 23.1 Å². The molecule has 0 aromatic heterocycles. The summed E-state index contributed by atoms with van der Waals surface area (Å²) in [4.78, 5) is 11.9. The van der Waals surface area contributed by atoms with Crippen molar-refractivity contribution in [3.05, 3.63) is 34.9 Å². The van der Waals surface area contributed by atoms with Crippen molar-refractivity contribution < 1.29 is 18.7 Å². The Labute approximate surface area is 91.3 Å². The number of nitrogens with zero attached hydrogens (tertiary/aromatic N) is 1. The van der Waals surface area contributed by atoms with Crippen LogP contribution in [-0.4, -0.2) is 22.6 Å². The molecule has 1 N–H and O–H groups in total. The van der Waals surface area contributed by atoms with Crippen LogP contribution in [0.5, 0.6) is 0 Å². The van der Waals surface area contributed by atoms with E-state index in [0.717, 1.165) is 10.5 Å². The molecule has 1 aliphatic heterocycles. The van der Waals surface area contributed by atoms with Crippen molar-refractivity contribution in [2.24, 2.45) is 0 Å². The van der Waals surface area contributed by atoms with Crippen LogP contribution >= 0.6 is 0 Å². The van der Waals surface area contributed by atoms with E-state index in [2.05, 4.69) is 0 Å². The Balaban J connectivity index is 2.38. The Kier molecular flexibility index (Phi) is 2.77. The highest BCUT2D eigenvalue weighted by atomic mass is 19.3. The van der Waals surface area contributed by atoms with Gasteiger partial charge in [-0.2, -0.15) is 0 Å². The minimum atomic E-state index is -2.55. The number of rotatable bonds is 1. The highest BCUT2D eigenvalue weighted by Gasteiger charge is 2.24.